The van der Waals surface area contributed by atoms with E-state index in [0.29, 0.717) is 5.75 Å². The van der Waals surface area contributed by atoms with Crippen molar-refractivity contribution in [3.63, 3.8) is 0 Å². The van der Waals surface area contributed by atoms with E-state index in [1.54, 1.807) is 12.4 Å². The third-order valence-corrected chi connectivity index (χ3v) is 3.51. The minimum absolute atomic E-state index is 0.0873. The van der Waals surface area contributed by atoms with E-state index in [2.05, 4.69) is 15.5 Å². The lowest BCUT2D eigenvalue weighted by atomic mass is 10.1. The summed E-state index contributed by atoms with van der Waals surface area (Å²) in [5, 5.41) is 5.01. The highest BCUT2D eigenvalue weighted by Crippen LogP contribution is 2.16. The molecule has 1 N–H and O–H groups in total. The van der Waals surface area contributed by atoms with Gasteiger partial charge in [0.2, 0.25) is 0 Å². The lowest BCUT2D eigenvalue weighted by molar-refractivity contribution is -0.123. The van der Waals surface area contributed by atoms with Gasteiger partial charge in [0, 0.05) is 17.1 Å². The molecule has 0 aliphatic carbocycles. The molecule has 0 aliphatic heterocycles. The molecule has 0 saturated heterocycles. The molecule has 5 heteroatoms. The fourth-order valence-corrected chi connectivity index (χ4v) is 2.30. The molecule has 0 radical (unpaired) electrons. The Morgan fingerprint density at radius 2 is 2.00 bits per heavy atom. The lowest BCUT2D eigenvalue weighted by Gasteiger charge is -2.07. The van der Waals surface area contributed by atoms with Crippen molar-refractivity contribution in [1.82, 2.24) is 10.4 Å². The van der Waals surface area contributed by atoms with Crippen LogP contribution in [-0.2, 0) is 4.79 Å². The van der Waals surface area contributed by atoms with E-state index in [1.807, 2.05) is 61.5 Å². The van der Waals surface area contributed by atoms with Crippen molar-refractivity contribution in [1.29, 1.82) is 0 Å². The van der Waals surface area contributed by atoms with E-state index in [1.165, 1.54) is 0 Å². The first-order valence-corrected chi connectivity index (χ1v) is 7.58. The average Bonchev–Trinajstić information content (AvgIpc) is 2.61. The number of aryl methyl sites for hydroxylation is 1. The van der Waals surface area contributed by atoms with Gasteiger partial charge in [-0.3, -0.25) is 9.78 Å². The van der Waals surface area contributed by atoms with Gasteiger partial charge in [-0.2, -0.15) is 5.10 Å². The van der Waals surface area contributed by atoms with Crippen molar-refractivity contribution in [2.75, 3.05) is 6.61 Å². The van der Waals surface area contributed by atoms with Gasteiger partial charge < -0.3 is 4.74 Å². The summed E-state index contributed by atoms with van der Waals surface area (Å²) in [6.45, 7) is 1.84. The van der Waals surface area contributed by atoms with Crippen molar-refractivity contribution < 1.29 is 9.53 Å². The monoisotopic (exact) mass is 319 g/mol. The molecule has 2 aromatic carbocycles. The standard InChI is InChI=1S/C19H17N3O2/c1-14-6-2-3-10-17(14)24-13-18(23)22-21-12-16-8-4-7-15-9-5-11-20-19(15)16/h2-12H,13H2,1H3,(H,22,23)/b21-12-. The number of nitrogens with zero attached hydrogens (tertiary/aromatic N) is 2. The third-order valence-electron chi connectivity index (χ3n) is 3.51. The van der Waals surface area contributed by atoms with Crippen LogP contribution in [0.2, 0.25) is 0 Å². The number of amides is 1. The number of hydrogen-bond acceptors (Lipinski definition) is 4. The minimum Gasteiger partial charge on any atom is -0.483 e. The molecule has 0 atom stereocenters. The van der Waals surface area contributed by atoms with Crippen LogP contribution in [0.5, 0.6) is 5.75 Å². The molecule has 1 amide bonds. The number of carbonyl (C=O) groups is 1. The van der Waals surface area contributed by atoms with Gasteiger partial charge >= 0.3 is 0 Å². The SMILES string of the molecule is Cc1ccccc1OCC(=O)N/N=C\c1cccc2cccnc12. The van der Waals surface area contributed by atoms with Crippen LogP contribution in [0, 0.1) is 6.92 Å². The first-order valence-electron chi connectivity index (χ1n) is 7.58. The van der Waals surface area contributed by atoms with Gasteiger partial charge in [0.05, 0.1) is 11.7 Å². The average molecular weight is 319 g/mol. The Kier molecular flexibility index (Phi) is 4.81. The molecule has 120 valence electrons. The number of ether oxygens (including phenoxy) is 1. The maximum Gasteiger partial charge on any atom is 0.277 e. The molecule has 0 saturated carbocycles. The van der Waals surface area contributed by atoms with Crippen molar-refractivity contribution in [2.24, 2.45) is 5.10 Å². The molecular weight excluding hydrogens is 302 g/mol. The number of pyridine rings is 1. The highest BCUT2D eigenvalue weighted by Gasteiger charge is 2.03. The van der Waals surface area contributed by atoms with Gasteiger partial charge in [-0.1, -0.05) is 42.5 Å². The van der Waals surface area contributed by atoms with E-state index >= 15 is 0 Å². The number of hydrazone groups is 1. The number of nitrogens with one attached hydrogen (secondary N) is 1. The van der Waals surface area contributed by atoms with Crippen molar-refractivity contribution in [3.05, 3.63) is 71.9 Å². The summed E-state index contributed by atoms with van der Waals surface area (Å²) in [4.78, 5) is 16.2. The molecule has 0 spiro atoms. The molecule has 5 nitrogen and oxygen atoms in total. The fraction of sp³-hybridized carbons (Fsp3) is 0.105. The Labute approximate surface area is 140 Å². The fourth-order valence-electron chi connectivity index (χ4n) is 2.30. The second-order valence-corrected chi connectivity index (χ2v) is 5.27. The highest BCUT2D eigenvalue weighted by atomic mass is 16.5. The van der Waals surface area contributed by atoms with Crippen LogP contribution >= 0.6 is 0 Å². The largest absolute Gasteiger partial charge is 0.483 e. The van der Waals surface area contributed by atoms with Crippen LogP contribution in [0.3, 0.4) is 0 Å². The van der Waals surface area contributed by atoms with Crippen LogP contribution in [0.1, 0.15) is 11.1 Å². The molecule has 1 heterocycles. The highest BCUT2D eigenvalue weighted by molar-refractivity contribution is 5.97. The summed E-state index contributed by atoms with van der Waals surface area (Å²) < 4.78 is 5.47. The molecule has 1 aromatic heterocycles. The van der Waals surface area contributed by atoms with Gasteiger partial charge in [-0.05, 0) is 24.6 Å². The lowest BCUT2D eigenvalue weighted by Crippen LogP contribution is -2.24. The molecule has 0 unspecified atom stereocenters. The Balaban J connectivity index is 1.59. The molecule has 3 rings (SSSR count). The molecule has 24 heavy (non-hydrogen) atoms. The molecule has 0 fully saturated rings. The van der Waals surface area contributed by atoms with Crippen molar-refractivity contribution >= 4 is 23.0 Å². The van der Waals surface area contributed by atoms with Gasteiger partial charge in [0.25, 0.3) is 5.91 Å². The second-order valence-electron chi connectivity index (χ2n) is 5.27. The zero-order chi connectivity index (χ0) is 16.8. The van der Waals surface area contributed by atoms with Crippen LogP contribution < -0.4 is 10.2 Å². The molecule has 3 aromatic rings. The number of fused-ring (bicyclic) bond motifs is 1. The van der Waals surface area contributed by atoms with Crippen molar-refractivity contribution in [2.45, 2.75) is 6.92 Å². The number of aromatic nitrogens is 1. The van der Waals surface area contributed by atoms with E-state index < -0.39 is 0 Å². The van der Waals surface area contributed by atoms with Crippen LogP contribution in [0.25, 0.3) is 10.9 Å². The molecule has 0 bridgehead atoms. The summed E-state index contributed by atoms with van der Waals surface area (Å²) in [5.41, 5.74) is 5.13. The summed E-state index contributed by atoms with van der Waals surface area (Å²) in [5.74, 6) is 0.373. The second kappa shape index (κ2) is 7.37. The van der Waals surface area contributed by atoms with Crippen LogP contribution in [-0.4, -0.2) is 23.7 Å². The number of benzene rings is 2. The van der Waals surface area contributed by atoms with Gasteiger partial charge in [0.15, 0.2) is 6.61 Å². The van der Waals surface area contributed by atoms with E-state index in [9.17, 15) is 4.79 Å². The predicted octanol–water partition coefficient (Wildman–Crippen LogP) is 3.07. The Bertz CT molecular complexity index is 885. The van der Waals surface area contributed by atoms with Crippen LogP contribution in [0.15, 0.2) is 65.9 Å². The number of para-hydroxylation sites is 2. The van der Waals surface area contributed by atoms with Gasteiger partial charge in [-0.25, -0.2) is 5.43 Å². The molecule has 0 aliphatic rings. The number of carbonyl (C=O) groups excluding carboxylic acids is 1. The van der Waals surface area contributed by atoms with Crippen LogP contribution in [0.4, 0.5) is 0 Å². The van der Waals surface area contributed by atoms with Gasteiger partial charge in [-0.15, -0.1) is 0 Å². The maximum absolute atomic E-state index is 11.8. The third kappa shape index (κ3) is 3.76. The summed E-state index contributed by atoms with van der Waals surface area (Å²) in [6, 6.07) is 17.2. The predicted molar refractivity (Wildman–Crippen MR) is 94.2 cm³/mol. The zero-order valence-corrected chi connectivity index (χ0v) is 13.3. The summed E-state index contributed by atoms with van der Waals surface area (Å²) in [6.07, 6.45) is 3.31. The zero-order valence-electron chi connectivity index (χ0n) is 13.3. The topological polar surface area (TPSA) is 63.6 Å². The maximum atomic E-state index is 11.8. The smallest absolute Gasteiger partial charge is 0.277 e. The first kappa shape index (κ1) is 15.7. The van der Waals surface area contributed by atoms with E-state index in [4.69, 9.17) is 4.74 Å². The van der Waals surface area contributed by atoms with E-state index in [0.717, 1.165) is 22.0 Å². The molecular formula is C19H17N3O2. The summed E-state index contributed by atoms with van der Waals surface area (Å²) in [7, 11) is 0. The normalized spacial score (nSPS) is 10.9. The minimum atomic E-state index is -0.317. The Morgan fingerprint density at radius 1 is 1.17 bits per heavy atom. The van der Waals surface area contributed by atoms with Crippen molar-refractivity contribution in [3.8, 4) is 5.75 Å². The van der Waals surface area contributed by atoms with E-state index in [-0.39, 0.29) is 12.5 Å². The quantitative estimate of drug-likeness (QED) is 0.580. The van der Waals surface area contributed by atoms with Gasteiger partial charge in [0.1, 0.15) is 5.75 Å². The number of rotatable bonds is 5. The summed E-state index contributed by atoms with van der Waals surface area (Å²) >= 11 is 0. The first-order chi connectivity index (χ1) is 11.7. The Hall–Kier alpha value is -3.21. The Morgan fingerprint density at radius 3 is 2.88 bits per heavy atom. The number of hydrogen-bond donors (Lipinski definition) is 1.